The summed E-state index contributed by atoms with van der Waals surface area (Å²) in [5.41, 5.74) is 2.18. The number of aryl methyl sites for hydroxylation is 1. The van der Waals surface area contributed by atoms with E-state index >= 15 is 0 Å². The van der Waals surface area contributed by atoms with Crippen LogP contribution in [0, 0.1) is 6.92 Å². The van der Waals surface area contributed by atoms with Crippen LogP contribution in [-0.4, -0.2) is 22.4 Å². The normalized spacial score (nSPS) is 10.1. The van der Waals surface area contributed by atoms with Gasteiger partial charge in [0, 0.05) is 11.9 Å². The molecule has 0 atom stereocenters. The Hall–Kier alpha value is -1.95. The molecule has 0 bridgehead atoms. The highest BCUT2D eigenvalue weighted by Crippen LogP contribution is 2.15. The number of nitrogens with one attached hydrogen (secondary N) is 2. The van der Waals surface area contributed by atoms with Crippen LogP contribution in [0.15, 0.2) is 23.7 Å². The average molecular weight is 262 g/mol. The SMILES string of the molecule is CCNc1ccc(C(=O)Nc2nc(C)cs2)nc1. The third-order valence-corrected chi connectivity index (χ3v) is 3.09. The molecule has 0 unspecified atom stereocenters. The predicted molar refractivity (Wildman–Crippen MR) is 73.2 cm³/mol. The third kappa shape index (κ3) is 3.04. The van der Waals surface area contributed by atoms with Crippen LogP contribution in [-0.2, 0) is 0 Å². The number of carbonyl (C=O) groups excluding carboxylic acids is 1. The van der Waals surface area contributed by atoms with Crippen molar-refractivity contribution in [3.05, 3.63) is 35.1 Å². The maximum absolute atomic E-state index is 11.9. The Morgan fingerprint density at radius 3 is 2.83 bits per heavy atom. The molecule has 0 aromatic carbocycles. The van der Waals surface area contributed by atoms with E-state index in [1.54, 1.807) is 12.3 Å². The molecule has 0 spiro atoms. The second-order valence-electron chi connectivity index (χ2n) is 3.71. The van der Waals surface area contributed by atoms with Crippen LogP contribution >= 0.6 is 11.3 Å². The number of nitrogens with zero attached hydrogens (tertiary/aromatic N) is 2. The molecular formula is C12H14N4OS. The topological polar surface area (TPSA) is 66.9 Å². The minimum absolute atomic E-state index is 0.243. The van der Waals surface area contributed by atoms with Crippen LogP contribution in [0.3, 0.4) is 0 Å². The number of pyridine rings is 1. The number of thiazole rings is 1. The largest absolute Gasteiger partial charge is 0.384 e. The average Bonchev–Trinajstić information content (AvgIpc) is 2.76. The molecule has 2 N–H and O–H groups in total. The fourth-order valence-electron chi connectivity index (χ4n) is 1.41. The first-order valence-corrected chi connectivity index (χ1v) is 6.50. The van der Waals surface area contributed by atoms with E-state index in [0.717, 1.165) is 17.9 Å². The molecule has 94 valence electrons. The summed E-state index contributed by atoms with van der Waals surface area (Å²) in [6.45, 7) is 4.71. The number of carbonyl (C=O) groups is 1. The molecule has 6 heteroatoms. The second kappa shape index (κ2) is 5.59. The van der Waals surface area contributed by atoms with Gasteiger partial charge in [-0.2, -0.15) is 0 Å². The van der Waals surface area contributed by atoms with Gasteiger partial charge in [0.15, 0.2) is 5.13 Å². The monoisotopic (exact) mass is 262 g/mol. The van der Waals surface area contributed by atoms with Gasteiger partial charge < -0.3 is 5.32 Å². The van der Waals surface area contributed by atoms with Crippen LogP contribution in [0.4, 0.5) is 10.8 Å². The van der Waals surface area contributed by atoms with Crippen LogP contribution in [0.5, 0.6) is 0 Å². The molecule has 18 heavy (non-hydrogen) atoms. The van der Waals surface area contributed by atoms with Gasteiger partial charge in [0.05, 0.1) is 17.6 Å². The van der Waals surface area contributed by atoms with Crippen LogP contribution in [0.25, 0.3) is 0 Å². The molecule has 0 aliphatic rings. The van der Waals surface area contributed by atoms with Crippen molar-refractivity contribution in [2.45, 2.75) is 13.8 Å². The van der Waals surface area contributed by atoms with Crippen molar-refractivity contribution in [1.82, 2.24) is 9.97 Å². The molecule has 0 saturated carbocycles. The minimum atomic E-state index is -0.243. The van der Waals surface area contributed by atoms with Gasteiger partial charge in [0.25, 0.3) is 5.91 Å². The van der Waals surface area contributed by atoms with Crippen molar-refractivity contribution in [3.8, 4) is 0 Å². The van der Waals surface area contributed by atoms with Crippen molar-refractivity contribution in [2.75, 3.05) is 17.2 Å². The molecule has 0 aliphatic heterocycles. The van der Waals surface area contributed by atoms with E-state index in [0.29, 0.717) is 10.8 Å². The first-order valence-electron chi connectivity index (χ1n) is 5.62. The molecule has 0 fully saturated rings. The molecule has 2 aromatic heterocycles. The van der Waals surface area contributed by atoms with Gasteiger partial charge in [-0.05, 0) is 26.0 Å². The molecule has 0 aliphatic carbocycles. The predicted octanol–water partition coefficient (Wildman–Crippen LogP) is 2.53. The molecule has 1 amide bonds. The van der Waals surface area contributed by atoms with Crippen molar-refractivity contribution in [2.24, 2.45) is 0 Å². The zero-order valence-corrected chi connectivity index (χ0v) is 11.0. The van der Waals surface area contributed by atoms with E-state index in [9.17, 15) is 4.79 Å². The van der Waals surface area contributed by atoms with Crippen molar-refractivity contribution >= 4 is 28.1 Å². The van der Waals surface area contributed by atoms with Gasteiger partial charge >= 0.3 is 0 Å². The number of amides is 1. The van der Waals surface area contributed by atoms with E-state index in [4.69, 9.17) is 0 Å². The lowest BCUT2D eigenvalue weighted by Crippen LogP contribution is -2.13. The Morgan fingerprint density at radius 2 is 2.28 bits per heavy atom. The van der Waals surface area contributed by atoms with E-state index in [2.05, 4.69) is 20.6 Å². The summed E-state index contributed by atoms with van der Waals surface area (Å²) in [5.74, 6) is -0.243. The first-order chi connectivity index (χ1) is 8.69. The zero-order chi connectivity index (χ0) is 13.0. The number of anilines is 2. The number of hydrogen-bond donors (Lipinski definition) is 2. The number of aromatic nitrogens is 2. The standard InChI is InChI=1S/C12H14N4OS/c1-3-13-9-4-5-10(14-6-9)11(17)16-12-15-8(2)7-18-12/h4-7,13H,3H2,1-2H3,(H,15,16,17). The Labute approximate surface area is 109 Å². The van der Waals surface area contributed by atoms with Crippen molar-refractivity contribution in [1.29, 1.82) is 0 Å². The van der Waals surface area contributed by atoms with Gasteiger partial charge in [-0.1, -0.05) is 0 Å². The maximum Gasteiger partial charge on any atom is 0.276 e. The lowest BCUT2D eigenvalue weighted by molar-refractivity contribution is 0.102. The zero-order valence-electron chi connectivity index (χ0n) is 10.2. The number of rotatable bonds is 4. The molecule has 5 nitrogen and oxygen atoms in total. The third-order valence-electron chi connectivity index (χ3n) is 2.22. The highest BCUT2D eigenvalue weighted by Gasteiger charge is 2.09. The van der Waals surface area contributed by atoms with Crippen LogP contribution in [0.1, 0.15) is 23.1 Å². The molecular weight excluding hydrogens is 248 g/mol. The minimum Gasteiger partial charge on any atom is -0.384 e. The van der Waals surface area contributed by atoms with Crippen molar-refractivity contribution < 1.29 is 4.79 Å². The summed E-state index contributed by atoms with van der Waals surface area (Å²) in [4.78, 5) is 20.1. The summed E-state index contributed by atoms with van der Waals surface area (Å²) >= 11 is 1.40. The van der Waals surface area contributed by atoms with Gasteiger partial charge in [-0.15, -0.1) is 11.3 Å². The summed E-state index contributed by atoms with van der Waals surface area (Å²) in [6.07, 6.45) is 1.64. The fraction of sp³-hybridized carbons (Fsp3) is 0.250. The summed E-state index contributed by atoms with van der Waals surface area (Å²) in [5, 5.41) is 8.32. The highest BCUT2D eigenvalue weighted by atomic mass is 32.1. The lowest BCUT2D eigenvalue weighted by atomic mass is 10.3. The lowest BCUT2D eigenvalue weighted by Gasteiger charge is -2.04. The molecule has 2 rings (SSSR count). The summed E-state index contributed by atoms with van der Waals surface area (Å²) in [7, 11) is 0. The van der Waals surface area contributed by atoms with E-state index in [1.165, 1.54) is 11.3 Å². The smallest absolute Gasteiger partial charge is 0.276 e. The first kappa shape index (κ1) is 12.5. The van der Waals surface area contributed by atoms with Gasteiger partial charge in [0.1, 0.15) is 5.69 Å². The highest BCUT2D eigenvalue weighted by molar-refractivity contribution is 7.13. The maximum atomic E-state index is 11.9. The summed E-state index contributed by atoms with van der Waals surface area (Å²) in [6, 6.07) is 3.52. The van der Waals surface area contributed by atoms with Gasteiger partial charge in [-0.25, -0.2) is 9.97 Å². The van der Waals surface area contributed by atoms with E-state index < -0.39 is 0 Å². The molecule has 2 aromatic rings. The Kier molecular flexibility index (Phi) is 3.88. The van der Waals surface area contributed by atoms with E-state index in [1.807, 2.05) is 25.3 Å². The second-order valence-corrected chi connectivity index (χ2v) is 4.57. The van der Waals surface area contributed by atoms with Crippen LogP contribution in [0.2, 0.25) is 0 Å². The number of hydrogen-bond acceptors (Lipinski definition) is 5. The Morgan fingerprint density at radius 1 is 1.44 bits per heavy atom. The Balaban J connectivity index is 2.04. The molecule has 0 saturated heterocycles. The quantitative estimate of drug-likeness (QED) is 0.888. The molecule has 2 heterocycles. The van der Waals surface area contributed by atoms with Gasteiger partial charge in [-0.3, -0.25) is 10.1 Å². The summed E-state index contributed by atoms with van der Waals surface area (Å²) < 4.78 is 0. The van der Waals surface area contributed by atoms with Crippen molar-refractivity contribution in [3.63, 3.8) is 0 Å². The van der Waals surface area contributed by atoms with Crippen LogP contribution < -0.4 is 10.6 Å². The molecule has 0 radical (unpaired) electrons. The van der Waals surface area contributed by atoms with Gasteiger partial charge in [0.2, 0.25) is 0 Å². The fourth-order valence-corrected chi connectivity index (χ4v) is 2.09. The Bertz CT molecular complexity index is 535. The van der Waals surface area contributed by atoms with E-state index in [-0.39, 0.29) is 5.91 Å².